The van der Waals surface area contributed by atoms with E-state index in [-0.39, 0.29) is 35.7 Å². The van der Waals surface area contributed by atoms with Crippen molar-refractivity contribution in [3.05, 3.63) is 34.4 Å². The Morgan fingerprint density at radius 1 is 0.980 bits per heavy atom. The number of nitro benzene ring substituents is 1. The molecule has 2 rings (SSSR count). The average molecular weight is 741 g/mol. The quantitative estimate of drug-likeness (QED) is 0.0199. The second-order valence-electron chi connectivity index (χ2n) is 14.1. The van der Waals surface area contributed by atoms with Crippen LogP contribution >= 0.6 is 7.82 Å². The van der Waals surface area contributed by atoms with Gasteiger partial charge in [0.2, 0.25) is 11.4 Å². The van der Waals surface area contributed by atoms with E-state index in [0.717, 1.165) is 19.3 Å². The summed E-state index contributed by atoms with van der Waals surface area (Å²) in [7, 11) is 1.08. The van der Waals surface area contributed by atoms with Gasteiger partial charge in [0.15, 0.2) is 5.52 Å². The van der Waals surface area contributed by atoms with E-state index < -0.39 is 31.5 Å². The number of benzene rings is 1. The number of allylic oxidation sites excluding steroid dienone is 1. The molecule has 0 aliphatic carbocycles. The minimum Gasteiger partial charge on any atom is -0.756 e. The number of anilines is 1. The lowest BCUT2D eigenvalue weighted by Gasteiger charge is -2.29. The number of nitrogens with zero attached hydrogens (tertiary/aromatic N) is 4. The Bertz CT molecular complexity index is 1370. The maximum Gasteiger partial charge on any atom is 0.300 e. The topological polar surface area (TPSA) is 202 Å². The first-order valence-electron chi connectivity index (χ1n) is 18.5. The molecule has 16 heteroatoms. The molecule has 0 spiro atoms. The van der Waals surface area contributed by atoms with Gasteiger partial charge in [-0.15, -0.1) is 0 Å². The third kappa shape index (κ3) is 19.5. The van der Waals surface area contributed by atoms with Crippen molar-refractivity contribution >= 4 is 36.1 Å². The number of fused-ring (bicyclic) bond motifs is 1. The summed E-state index contributed by atoms with van der Waals surface area (Å²) in [6.07, 6.45) is 18.8. The van der Waals surface area contributed by atoms with Gasteiger partial charge in [0.25, 0.3) is 7.82 Å². The minimum atomic E-state index is -4.66. The molecule has 1 aromatic carbocycles. The molecule has 1 aromatic heterocycles. The van der Waals surface area contributed by atoms with Crippen molar-refractivity contribution < 1.29 is 42.4 Å². The average Bonchev–Trinajstić information content (AvgIpc) is 3.56. The molecular weight excluding hydrogens is 679 g/mol. The SMILES string of the molecule is CCCCCCCCCCCCC/C=C/[C@H](O)[C@@H](COP(=O)([O-])OCC[N+](C)(C)C)NC(=O)CCCCCNc1ccc([N+](=O)[O-])c2nonc12. The fourth-order valence-electron chi connectivity index (χ4n) is 5.39. The zero-order chi connectivity index (χ0) is 37.5. The normalized spacial score (nSPS) is 14.5. The van der Waals surface area contributed by atoms with Crippen molar-refractivity contribution in [3.8, 4) is 0 Å². The molecular formula is C35H61N6O9P. The number of amides is 1. The monoisotopic (exact) mass is 740 g/mol. The van der Waals surface area contributed by atoms with Crippen LogP contribution in [0.2, 0.25) is 0 Å². The maximum absolute atomic E-state index is 12.8. The lowest BCUT2D eigenvalue weighted by atomic mass is 10.0. The van der Waals surface area contributed by atoms with Crippen molar-refractivity contribution in [2.45, 2.75) is 122 Å². The summed E-state index contributed by atoms with van der Waals surface area (Å²) in [4.78, 5) is 35.9. The van der Waals surface area contributed by atoms with E-state index in [1.807, 2.05) is 27.2 Å². The van der Waals surface area contributed by atoms with Gasteiger partial charge in [-0.05, 0) is 42.1 Å². The number of likely N-dealkylation sites (N-methyl/N-ethyl adjacent to an activating group) is 1. The van der Waals surface area contributed by atoms with Crippen molar-refractivity contribution in [2.24, 2.45) is 0 Å². The number of quaternary nitrogens is 1. The predicted molar refractivity (Wildman–Crippen MR) is 196 cm³/mol. The van der Waals surface area contributed by atoms with Crippen LogP contribution in [0.25, 0.3) is 11.0 Å². The fourth-order valence-corrected chi connectivity index (χ4v) is 6.11. The third-order valence-corrected chi connectivity index (χ3v) is 9.44. The Morgan fingerprint density at radius 2 is 1.61 bits per heavy atom. The number of hydrogen-bond donors (Lipinski definition) is 3. The van der Waals surface area contributed by atoms with Crippen molar-refractivity contribution in [1.29, 1.82) is 0 Å². The van der Waals surface area contributed by atoms with Crippen LogP contribution in [-0.2, 0) is 18.4 Å². The summed E-state index contributed by atoms with van der Waals surface area (Å²) in [6, 6.07) is 1.90. The molecule has 1 unspecified atom stereocenters. The smallest absolute Gasteiger partial charge is 0.300 e. The number of rotatable bonds is 30. The van der Waals surface area contributed by atoms with Crippen LogP contribution in [0.4, 0.5) is 11.4 Å². The second-order valence-corrected chi connectivity index (χ2v) is 15.5. The molecule has 0 aliphatic rings. The van der Waals surface area contributed by atoms with Crippen molar-refractivity contribution in [1.82, 2.24) is 15.6 Å². The molecule has 290 valence electrons. The second kappa shape index (κ2) is 24.3. The number of phosphoric ester groups is 1. The lowest BCUT2D eigenvalue weighted by molar-refractivity contribution is -0.870. The molecule has 0 aliphatic heterocycles. The van der Waals surface area contributed by atoms with E-state index in [1.165, 1.54) is 63.9 Å². The minimum absolute atomic E-state index is 0.0534. The number of carbonyl (C=O) groups is 1. The first-order valence-corrected chi connectivity index (χ1v) is 20.0. The van der Waals surface area contributed by atoms with E-state index in [4.69, 9.17) is 9.05 Å². The standard InChI is InChI=1S/C35H61N6O9P/c1-5-6-7-8-9-10-11-12-13-14-15-16-18-21-32(42)30(28-49-51(46,47)48-27-26-41(2,3)4)37-33(43)22-19-17-20-25-36-29-23-24-31(40(44)45)35-34(29)38-50-39-35/h18,21,23-24,30,32,42H,5-17,19-20,22,25-28H2,1-4H3,(H2-,36,37,39,43,46,47)/b21-18+/t30-,32+/m1/s1. The highest BCUT2D eigenvalue weighted by Gasteiger charge is 2.23. The van der Waals surface area contributed by atoms with Crippen molar-refractivity contribution in [3.63, 3.8) is 0 Å². The third-order valence-electron chi connectivity index (χ3n) is 8.48. The Kier molecular flexibility index (Phi) is 21.1. The first kappa shape index (κ1) is 44.2. The summed E-state index contributed by atoms with van der Waals surface area (Å²) >= 11 is 0. The molecule has 1 heterocycles. The number of phosphoric acid groups is 1. The molecule has 0 bridgehead atoms. The van der Waals surface area contributed by atoms with Gasteiger partial charge in [-0.25, -0.2) is 4.63 Å². The fraction of sp³-hybridized carbons (Fsp3) is 0.743. The highest BCUT2D eigenvalue weighted by atomic mass is 31.2. The molecule has 0 radical (unpaired) electrons. The van der Waals surface area contributed by atoms with Gasteiger partial charge in [0.1, 0.15) is 13.2 Å². The largest absolute Gasteiger partial charge is 0.756 e. The number of non-ortho nitro benzene ring substituents is 1. The number of aromatic nitrogens is 2. The Hall–Kier alpha value is -2.94. The van der Waals surface area contributed by atoms with E-state index >= 15 is 0 Å². The van der Waals surface area contributed by atoms with Gasteiger partial charge in [0.05, 0.1) is 50.5 Å². The van der Waals surface area contributed by atoms with Gasteiger partial charge in [-0.2, -0.15) is 0 Å². The predicted octanol–water partition coefficient (Wildman–Crippen LogP) is 6.41. The molecule has 0 saturated heterocycles. The number of nitrogens with one attached hydrogen (secondary N) is 2. The van der Waals surface area contributed by atoms with Gasteiger partial charge in [-0.3, -0.25) is 19.5 Å². The maximum atomic E-state index is 12.8. The number of nitro groups is 1. The van der Waals surface area contributed by atoms with Crippen LogP contribution < -0.4 is 15.5 Å². The zero-order valence-corrected chi connectivity index (χ0v) is 31.9. The molecule has 15 nitrogen and oxygen atoms in total. The van der Waals surface area contributed by atoms with E-state index in [2.05, 4.69) is 32.5 Å². The van der Waals surface area contributed by atoms with Crippen molar-refractivity contribution in [2.75, 3.05) is 52.8 Å². The highest BCUT2D eigenvalue weighted by molar-refractivity contribution is 7.45. The van der Waals surface area contributed by atoms with Crippen LogP contribution in [0.5, 0.6) is 0 Å². The number of hydrogen-bond acceptors (Lipinski definition) is 12. The molecule has 1 amide bonds. The van der Waals surface area contributed by atoms with Crippen LogP contribution in [0, 0.1) is 10.1 Å². The van der Waals surface area contributed by atoms with Crippen LogP contribution in [0.3, 0.4) is 0 Å². The van der Waals surface area contributed by atoms with Gasteiger partial charge < -0.3 is 34.2 Å². The number of aliphatic hydroxyl groups excluding tert-OH is 1. The molecule has 0 fully saturated rings. The number of aliphatic hydroxyl groups is 1. The zero-order valence-electron chi connectivity index (χ0n) is 31.1. The van der Waals surface area contributed by atoms with Crippen LogP contribution in [-0.4, -0.2) is 90.3 Å². The van der Waals surface area contributed by atoms with E-state index in [0.29, 0.717) is 42.5 Å². The molecule has 3 atom stereocenters. The van der Waals surface area contributed by atoms with E-state index in [9.17, 15) is 29.5 Å². The molecule has 0 saturated carbocycles. The van der Waals surface area contributed by atoms with Crippen LogP contribution in [0.15, 0.2) is 28.9 Å². The molecule has 3 N–H and O–H groups in total. The highest BCUT2D eigenvalue weighted by Crippen LogP contribution is 2.38. The van der Waals surface area contributed by atoms with Gasteiger partial charge >= 0.3 is 5.69 Å². The Balaban J connectivity index is 1.78. The lowest BCUT2D eigenvalue weighted by Crippen LogP contribution is -2.45. The van der Waals surface area contributed by atoms with Crippen LogP contribution in [0.1, 0.15) is 110 Å². The number of carbonyl (C=O) groups excluding carboxylic acids is 1. The van der Waals surface area contributed by atoms with Gasteiger partial charge in [0, 0.05) is 19.0 Å². The summed E-state index contributed by atoms with van der Waals surface area (Å²) in [5, 5.41) is 35.4. The molecule has 51 heavy (non-hydrogen) atoms. The summed E-state index contributed by atoms with van der Waals surface area (Å²) in [5.74, 6) is -0.341. The van der Waals surface area contributed by atoms with Gasteiger partial charge in [-0.1, -0.05) is 89.7 Å². The Morgan fingerprint density at radius 3 is 2.25 bits per heavy atom. The molecule has 2 aromatic rings. The summed E-state index contributed by atoms with van der Waals surface area (Å²) in [5.41, 5.74) is 0.696. The summed E-state index contributed by atoms with van der Waals surface area (Å²) in [6.45, 7) is 2.68. The Labute approximate surface area is 302 Å². The number of unbranched alkanes of at least 4 members (excludes halogenated alkanes) is 13. The first-order chi connectivity index (χ1) is 24.3. The summed E-state index contributed by atoms with van der Waals surface area (Å²) < 4.78 is 27.7. The van der Waals surface area contributed by atoms with E-state index in [1.54, 1.807) is 12.1 Å².